The minimum absolute atomic E-state index is 0.00616. The van der Waals surface area contributed by atoms with Crippen molar-refractivity contribution in [3.05, 3.63) is 114 Å². The average Bonchev–Trinajstić information content (AvgIpc) is 3.06. The number of rotatable bonds is 2. The molecule has 3 heterocycles. The Bertz CT molecular complexity index is 2080. The van der Waals surface area contributed by atoms with Gasteiger partial charge in [0.1, 0.15) is 13.2 Å². The van der Waals surface area contributed by atoms with E-state index in [0.717, 1.165) is 22.9 Å². The van der Waals surface area contributed by atoms with Gasteiger partial charge in [-0.05, 0) is 97.9 Å². The Morgan fingerprint density at radius 1 is 0.469 bits per heavy atom. The standard InChI is InChI=1S/C44H47BN2O2/c1-42(2,3)28-15-18-32(19-16-28)46-35-20-17-29(43(4,5)6)23-33(35)45-34-26-39-40(49-22-21-48-39)27-36(34)47(31-13-11-10-12-14-31)38-25-30(44(7,8)9)24-37(46)41(38)45/h10-20,23-27H,21-22H2,1-9H3. The molecule has 5 aromatic carbocycles. The molecule has 5 aromatic rings. The molecule has 0 spiro atoms. The van der Waals surface area contributed by atoms with Crippen molar-refractivity contribution in [2.75, 3.05) is 23.0 Å². The molecule has 4 nitrogen and oxygen atoms in total. The lowest BCUT2D eigenvalue weighted by Gasteiger charge is -2.45. The second kappa shape index (κ2) is 10.9. The predicted molar refractivity (Wildman–Crippen MR) is 208 cm³/mol. The van der Waals surface area contributed by atoms with Crippen molar-refractivity contribution in [3.8, 4) is 11.5 Å². The molecule has 0 fully saturated rings. The van der Waals surface area contributed by atoms with Gasteiger partial charge in [0.25, 0.3) is 6.71 Å². The first-order chi connectivity index (χ1) is 23.2. The lowest BCUT2D eigenvalue weighted by atomic mass is 9.33. The monoisotopic (exact) mass is 646 g/mol. The zero-order valence-electron chi connectivity index (χ0n) is 30.4. The van der Waals surface area contributed by atoms with Crippen LogP contribution in [0.15, 0.2) is 97.1 Å². The summed E-state index contributed by atoms with van der Waals surface area (Å²) < 4.78 is 12.5. The second-order valence-electron chi connectivity index (χ2n) is 17.0. The summed E-state index contributed by atoms with van der Waals surface area (Å²) in [5.41, 5.74) is 14.9. The van der Waals surface area contributed by atoms with Gasteiger partial charge in [-0.1, -0.05) is 105 Å². The Kier molecular flexibility index (Phi) is 7.06. The third kappa shape index (κ3) is 5.21. The Hall–Kier alpha value is -4.64. The van der Waals surface area contributed by atoms with Crippen molar-refractivity contribution >= 4 is 57.2 Å². The van der Waals surface area contributed by atoms with Gasteiger partial charge in [0.15, 0.2) is 11.5 Å². The van der Waals surface area contributed by atoms with Gasteiger partial charge in [-0.3, -0.25) is 0 Å². The molecule has 0 amide bonds. The van der Waals surface area contributed by atoms with Crippen LogP contribution in [0, 0.1) is 0 Å². The molecule has 0 saturated heterocycles. The van der Waals surface area contributed by atoms with E-state index in [0.29, 0.717) is 13.2 Å². The third-order valence-electron chi connectivity index (χ3n) is 10.5. The van der Waals surface area contributed by atoms with E-state index < -0.39 is 0 Å². The van der Waals surface area contributed by atoms with E-state index in [1.165, 1.54) is 55.8 Å². The first-order valence-electron chi connectivity index (χ1n) is 17.7. The number of ether oxygens (including phenoxy) is 2. The second-order valence-corrected chi connectivity index (χ2v) is 17.0. The third-order valence-corrected chi connectivity index (χ3v) is 10.5. The molecule has 0 saturated carbocycles. The quantitative estimate of drug-likeness (QED) is 0.175. The highest BCUT2D eigenvalue weighted by atomic mass is 16.6. The number of fused-ring (bicyclic) bond motifs is 5. The average molecular weight is 647 g/mol. The molecule has 3 aliphatic heterocycles. The minimum Gasteiger partial charge on any atom is -0.486 e. The van der Waals surface area contributed by atoms with Gasteiger partial charge in [0.05, 0.1) is 0 Å². The van der Waals surface area contributed by atoms with Crippen molar-refractivity contribution in [1.29, 1.82) is 0 Å². The summed E-state index contributed by atoms with van der Waals surface area (Å²) in [7, 11) is 0. The first-order valence-corrected chi connectivity index (χ1v) is 17.7. The molecular formula is C44H47BN2O2. The summed E-state index contributed by atoms with van der Waals surface area (Å²) in [4.78, 5) is 4.97. The van der Waals surface area contributed by atoms with Crippen LogP contribution < -0.4 is 35.7 Å². The molecular weight excluding hydrogens is 599 g/mol. The lowest BCUT2D eigenvalue weighted by molar-refractivity contribution is 0.172. The molecule has 0 bridgehead atoms. The van der Waals surface area contributed by atoms with E-state index in [4.69, 9.17) is 9.47 Å². The summed E-state index contributed by atoms with van der Waals surface area (Å²) in [6.45, 7) is 21.8. The molecule has 248 valence electrons. The van der Waals surface area contributed by atoms with Crippen LogP contribution in [0.4, 0.5) is 34.1 Å². The van der Waals surface area contributed by atoms with Crippen molar-refractivity contribution in [2.24, 2.45) is 0 Å². The van der Waals surface area contributed by atoms with Crippen LogP contribution >= 0.6 is 0 Å². The fourth-order valence-electron chi connectivity index (χ4n) is 7.68. The van der Waals surface area contributed by atoms with Gasteiger partial charge in [-0.25, -0.2) is 0 Å². The normalized spacial score (nSPS) is 15.1. The largest absolute Gasteiger partial charge is 0.486 e. The summed E-state index contributed by atoms with van der Waals surface area (Å²) >= 11 is 0. The minimum atomic E-state index is -0.0748. The van der Waals surface area contributed by atoms with Crippen molar-refractivity contribution < 1.29 is 9.47 Å². The number of anilines is 6. The van der Waals surface area contributed by atoms with Crippen LogP contribution in [0.5, 0.6) is 11.5 Å². The number of para-hydroxylation sites is 1. The SMILES string of the molecule is CC(C)(C)c1ccc(N2c3ccc(C(C)(C)C)cc3B3c4cc5c(cc4N(c4ccccc4)c4cc(C(C)(C)C)cc2c43)OCCO5)cc1. The molecule has 5 heteroatoms. The van der Waals surface area contributed by atoms with Crippen LogP contribution in [-0.4, -0.2) is 19.9 Å². The zero-order chi connectivity index (χ0) is 34.5. The highest BCUT2D eigenvalue weighted by Crippen LogP contribution is 2.48. The van der Waals surface area contributed by atoms with Crippen LogP contribution in [-0.2, 0) is 16.2 Å². The Balaban J connectivity index is 1.50. The van der Waals surface area contributed by atoms with E-state index in [1.807, 2.05) is 0 Å². The highest BCUT2D eigenvalue weighted by Gasteiger charge is 2.45. The van der Waals surface area contributed by atoms with Gasteiger partial charge in [0, 0.05) is 40.2 Å². The summed E-state index contributed by atoms with van der Waals surface area (Å²) in [6, 6.07) is 36.6. The Labute approximate surface area is 292 Å². The molecule has 0 atom stereocenters. The van der Waals surface area contributed by atoms with Crippen LogP contribution in [0.25, 0.3) is 0 Å². The predicted octanol–water partition coefficient (Wildman–Crippen LogP) is 9.43. The van der Waals surface area contributed by atoms with Gasteiger partial charge in [0.2, 0.25) is 0 Å². The Morgan fingerprint density at radius 2 is 0.980 bits per heavy atom. The van der Waals surface area contributed by atoms with Crippen molar-refractivity contribution in [1.82, 2.24) is 0 Å². The number of hydrogen-bond donors (Lipinski definition) is 0. The van der Waals surface area contributed by atoms with Crippen LogP contribution in [0.3, 0.4) is 0 Å². The smallest absolute Gasteiger partial charge is 0.252 e. The van der Waals surface area contributed by atoms with Gasteiger partial charge in [-0.15, -0.1) is 0 Å². The zero-order valence-corrected chi connectivity index (χ0v) is 30.4. The van der Waals surface area contributed by atoms with Crippen molar-refractivity contribution in [3.63, 3.8) is 0 Å². The van der Waals surface area contributed by atoms with Gasteiger partial charge in [-0.2, -0.15) is 0 Å². The van der Waals surface area contributed by atoms with E-state index in [2.05, 4.69) is 169 Å². The molecule has 0 aliphatic carbocycles. The fraction of sp³-hybridized carbons (Fsp3) is 0.318. The van der Waals surface area contributed by atoms with Gasteiger partial charge < -0.3 is 19.3 Å². The van der Waals surface area contributed by atoms with Crippen LogP contribution in [0.2, 0.25) is 0 Å². The van der Waals surface area contributed by atoms with E-state index in [-0.39, 0.29) is 23.0 Å². The number of benzene rings is 5. The Morgan fingerprint density at radius 3 is 1.57 bits per heavy atom. The van der Waals surface area contributed by atoms with E-state index in [9.17, 15) is 0 Å². The maximum atomic E-state index is 6.26. The fourth-order valence-corrected chi connectivity index (χ4v) is 7.68. The maximum Gasteiger partial charge on any atom is 0.252 e. The van der Waals surface area contributed by atoms with Gasteiger partial charge >= 0.3 is 0 Å². The van der Waals surface area contributed by atoms with E-state index >= 15 is 0 Å². The molecule has 49 heavy (non-hydrogen) atoms. The van der Waals surface area contributed by atoms with E-state index in [1.54, 1.807) is 0 Å². The maximum absolute atomic E-state index is 6.26. The first kappa shape index (κ1) is 31.6. The topological polar surface area (TPSA) is 24.9 Å². The summed E-state index contributed by atoms with van der Waals surface area (Å²) in [6.07, 6.45) is 0. The summed E-state index contributed by atoms with van der Waals surface area (Å²) in [5, 5.41) is 0. The molecule has 3 aliphatic rings. The molecule has 0 radical (unpaired) electrons. The lowest BCUT2D eigenvalue weighted by Crippen LogP contribution is -2.61. The summed E-state index contributed by atoms with van der Waals surface area (Å²) in [5.74, 6) is 1.63. The highest BCUT2D eigenvalue weighted by molar-refractivity contribution is 7.00. The van der Waals surface area contributed by atoms with Crippen molar-refractivity contribution in [2.45, 2.75) is 78.6 Å². The molecule has 0 N–H and O–H groups in total. The number of nitrogens with zero attached hydrogens (tertiary/aromatic N) is 2. The molecule has 0 aromatic heterocycles. The number of hydrogen-bond acceptors (Lipinski definition) is 4. The molecule has 8 rings (SSSR count). The van der Waals surface area contributed by atoms with Crippen LogP contribution in [0.1, 0.15) is 79.0 Å². The molecule has 0 unspecified atom stereocenters.